The number of hydrogen-bond donors (Lipinski definition) is 0. The molecule has 1 aliphatic rings. The summed E-state index contributed by atoms with van der Waals surface area (Å²) in [4.78, 5) is 13.9. The average molecular weight is 353 g/mol. The zero-order chi connectivity index (χ0) is 18.0. The fourth-order valence-corrected chi connectivity index (χ4v) is 2.95. The quantitative estimate of drug-likeness (QED) is 0.851. The molecule has 1 aromatic carbocycles. The summed E-state index contributed by atoms with van der Waals surface area (Å²) in [5.41, 5.74) is 0.751. The van der Waals surface area contributed by atoms with E-state index in [1.165, 1.54) is 16.7 Å². The van der Waals surface area contributed by atoms with E-state index >= 15 is 0 Å². The first-order chi connectivity index (χ1) is 11.9. The maximum Gasteiger partial charge on any atom is 0.393 e. The molecule has 1 amide bonds. The second-order valence-corrected chi connectivity index (χ2v) is 5.96. The highest BCUT2D eigenvalue weighted by Crippen LogP contribution is 2.34. The minimum Gasteiger partial charge on any atom is -0.493 e. The molecular formula is C17H18F3N3O2. The first-order valence-corrected chi connectivity index (χ1v) is 7.95. The van der Waals surface area contributed by atoms with Gasteiger partial charge < -0.3 is 9.64 Å². The molecule has 1 atom stereocenters. The van der Waals surface area contributed by atoms with Crippen molar-refractivity contribution in [3.05, 3.63) is 42.2 Å². The van der Waals surface area contributed by atoms with Crippen LogP contribution in [0.2, 0.25) is 0 Å². The predicted molar refractivity (Wildman–Crippen MR) is 84.8 cm³/mol. The lowest BCUT2D eigenvalue weighted by molar-refractivity contribution is -0.184. The van der Waals surface area contributed by atoms with Crippen molar-refractivity contribution in [1.29, 1.82) is 0 Å². The van der Waals surface area contributed by atoms with Gasteiger partial charge in [-0.25, -0.2) is 4.68 Å². The Hall–Kier alpha value is -2.51. The highest BCUT2D eigenvalue weighted by atomic mass is 19.4. The Labute approximate surface area is 143 Å². The number of amides is 1. The molecule has 1 saturated heterocycles. The van der Waals surface area contributed by atoms with E-state index in [0.29, 0.717) is 6.42 Å². The van der Waals surface area contributed by atoms with Crippen molar-refractivity contribution in [2.24, 2.45) is 5.92 Å². The minimum absolute atomic E-state index is 0.0224. The lowest BCUT2D eigenvalue weighted by atomic mass is 9.97. The Balaban J connectivity index is 1.85. The van der Waals surface area contributed by atoms with Crippen LogP contribution < -0.4 is 4.74 Å². The summed E-state index contributed by atoms with van der Waals surface area (Å²) >= 11 is 0. The molecule has 3 rings (SSSR count). The van der Waals surface area contributed by atoms with Gasteiger partial charge in [0.25, 0.3) is 5.91 Å². The van der Waals surface area contributed by atoms with E-state index in [0.717, 1.165) is 5.69 Å². The van der Waals surface area contributed by atoms with E-state index in [1.807, 2.05) is 18.2 Å². The number of benzene rings is 1. The standard InChI is InChI=1S/C17H18F3N3O2/c1-25-14-11-23(13-7-3-2-4-8-13)21-15(14)16(24)22-9-5-6-12(10-22)17(18,19)20/h2-4,7-8,11-12H,5-6,9-10H2,1H3/t12-/m0/s1. The predicted octanol–water partition coefficient (Wildman–Crippen LogP) is 3.30. The molecule has 1 aromatic heterocycles. The van der Waals surface area contributed by atoms with Crippen LogP contribution in [0, 0.1) is 5.92 Å². The van der Waals surface area contributed by atoms with Crippen LogP contribution in [-0.2, 0) is 0 Å². The van der Waals surface area contributed by atoms with Gasteiger partial charge in [-0.05, 0) is 25.0 Å². The topological polar surface area (TPSA) is 47.4 Å². The second-order valence-electron chi connectivity index (χ2n) is 5.96. The number of carbonyl (C=O) groups is 1. The monoisotopic (exact) mass is 353 g/mol. The maximum absolute atomic E-state index is 13.0. The van der Waals surface area contributed by atoms with E-state index in [1.54, 1.807) is 18.3 Å². The lowest BCUT2D eigenvalue weighted by Crippen LogP contribution is -2.44. The van der Waals surface area contributed by atoms with E-state index in [2.05, 4.69) is 5.10 Å². The number of hydrogen-bond acceptors (Lipinski definition) is 3. The molecule has 0 radical (unpaired) electrons. The van der Waals surface area contributed by atoms with E-state index in [4.69, 9.17) is 4.74 Å². The summed E-state index contributed by atoms with van der Waals surface area (Å²) in [6, 6.07) is 9.11. The van der Waals surface area contributed by atoms with Crippen LogP contribution in [-0.4, -0.2) is 47.0 Å². The largest absolute Gasteiger partial charge is 0.493 e. The fraction of sp³-hybridized carbons (Fsp3) is 0.412. The maximum atomic E-state index is 13.0. The number of carbonyl (C=O) groups excluding carboxylic acids is 1. The molecule has 134 valence electrons. The zero-order valence-corrected chi connectivity index (χ0v) is 13.7. The molecule has 0 aliphatic carbocycles. The van der Waals surface area contributed by atoms with Crippen LogP contribution in [0.4, 0.5) is 13.2 Å². The normalized spacial score (nSPS) is 18.2. The number of methoxy groups -OCH3 is 1. The van der Waals surface area contributed by atoms with Crippen LogP contribution in [0.5, 0.6) is 5.75 Å². The molecule has 2 heterocycles. The summed E-state index contributed by atoms with van der Waals surface area (Å²) in [5.74, 6) is -1.80. The number of likely N-dealkylation sites (tertiary alicyclic amines) is 1. The van der Waals surface area contributed by atoms with Crippen LogP contribution in [0.3, 0.4) is 0 Å². The molecule has 0 saturated carbocycles. The van der Waals surface area contributed by atoms with Crippen molar-refractivity contribution in [3.8, 4) is 11.4 Å². The molecule has 0 N–H and O–H groups in total. The molecule has 0 unspecified atom stereocenters. The summed E-state index contributed by atoms with van der Waals surface area (Å²) in [6.07, 6.45) is -2.39. The molecule has 8 heteroatoms. The van der Waals surface area contributed by atoms with Crippen molar-refractivity contribution in [2.45, 2.75) is 19.0 Å². The lowest BCUT2D eigenvalue weighted by Gasteiger charge is -2.33. The molecule has 1 aliphatic heterocycles. The van der Waals surface area contributed by atoms with Gasteiger partial charge in [-0.1, -0.05) is 18.2 Å². The van der Waals surface area contributed by atoms with E-state index < -0.39 is 18.0 Å². The van der Waals surface area contributed by atoms with Crippen molar-refractivity contribution < 1.29 is 22.7 Å². The summed E-state index contributed by atoms with van der Waals surface area (Å²) in [7, 11) is 1.40. The third-order valence-electron chi connectivity index (χ3n) is 4.30. The van der Waals surface area contributed by atoms with Crippen molar-refractivity contribution in [3.63, 3.8) is 0 Å². The van der Waals surface area contributed by atoms with Gasteiger partial charge in [0.05, 0.1) is 24.9 Å². The number of piperidine rings is 1. The molecule has 0 spiro atoms. The smallest absolute Gasteiger partial charge is 0.393 e. The van der Waals surface area contributed by atoms with Gasteiger partial charge in [-0.3, -0.25) is 4.79 Å². The second kappa shape index (κ2) is 6.78. The Bertz CT molecular complexity index is 743. The van der Waals surface area contributed by atoms with Crippen LogP contribution >= 0.6 is 0 Å². The van der Waals surface area contributed by atoms with Crippen LogP contribution in [0.25, 0.3) is 5.69 Å². The van der Waals surface area contributed by atoms with Crippen molar-refractivity contribution >= 4 is 5.91 Å². The number of ether oxygens (including phenoxy) is 1. The highest BCUT2D eigenvalue weighted by Gasteiger charge is 2.43. The molecule has 2 aromatic rings. The van der Waals surface area contributed by atoms with Gasteiger partial charge >= 0.3 is 6.18 Å². The number of alkyl halides is 3. The van der Waals surface area contributed by atoms with Gasteiger partial charge in [0.1, 0.15) is 0 Å². The van der Waals surface area contributed by atoms with Crippen LogP contribution in [0.15, 0.2) is 36.5 Å². The number of aromatic nitrogens is 2. The highest BCUT2D eigenvalue weighted by molar-refractivity contribution is 5.95. The van der Waals surface area contributed by atoms with Gasteiger partial charge in [-0.15, -0.1) is 0 Å². The van der Waals surface area contributed by atoms with Gasteiger partial charge in [0.15, 0.2) is 11.4 Å². The summed E-state index contributed by atoms with van der Waals surface area (Å²) in [5, 5.41) is 4.23. The number of nitrogens with zero attached hydrogens (tertiary/aromatic N) is 3. The third-order valence-corrected chi connectivity index (χ3v) is 4.30. The molecule has 25 heavy (non-hydrogen) atoms. The summed E-state index contributed by atoms with van der Waals surface area (Å²) < 4.78 is 45.6. The van der Waals surface area contributed by atoms with Crippen molar-refractivity contribution in [2.75, 3.05) is 20.2 Å². The minimum atomic E-state index is -4.30. The average Bonchev–Trinajstić information content (AvgIpc) is 3.05. The Kier molecular flexibility index (Phi) is 4.69. The van der Waals surface area contributed by atoms with Crippen molar-refractivity contribution in [1.82, 2.24) is 14.7 Å². The van der Waals surface area contributed by atoms with Gasteiger partial charge in [-0.2, -0.15) is 18.3 Å². The number of para-hydroxylation sites is 1. The molecule has 0 bridgehead atoms. The van der Waals surface area contributed by atoms with E-state index in [-0.39, 0.29) is 31.0 Å². The first-order valence-electron chi connectivity index (χ1n) is 7.95. The molecule has 1 fully saturated rings. The number of rotatable bonds is 3. The fourth-order valence-electron chi connectivity index (χ4n) is 2.95. The Morgan fingerprint density at radius 2 is 2.00 bits per heavy atom. The Morgan fingerprint density at radius 1 is 1.28 bits per heavy atom. The van der Waals surface area contributed by atoms with Gasteiger partial charge in [0.2, 0.25) is 0 Å². The van der Waals surface area contributed by atoms with Gasteiger partial charge in [0, 0.05) is 13.1 Å². The summed E-state index contributed by atoms with van der Waals surface area (Å²) in [6.45, 7) is -0.0591. The van der Waals surface area contributed by atoms with Crippen LogP contribution in [0.1, 0.15) is 23.3 Å². The zero-order valence-electron chi connectivity index (χ0n) is 13.7. The van der Waals surface area contributed by atoms with E-state index in [9.17, 15) is 18.0 Å². The molecular weight excluding hydrogens is 335 g/mol. The number of halogens is 3. The first kappa shape index (κ1) is 17.3. The third kappa shape index (κ3) is 3.62. The SMILES string of the molecule is COc1cn(-c2ccccc2)nc1C(=O)N1CCC[C@H](C(F)(F)F)C1. The molecule has 5 nitrogen and oxygen atoms in total. The Morgan fingerprint density at radius 3 is 2.64 bits per heavy atom.